The maximum atomic E-state index is 5.70. The van der Waals surface area contributed by atoms with Crippen LogP contribution in [-0.2, 0) is 11.3 Å². The highest BCUT2D eigenvalue weighted by Crippen LogP contribution is 2.16. The van der Waals surface area contributed by atoms with Crippen molar-refractivity contribution in [2.45, 2.75) is 19.9 Å². The molecule has 0 spiro atoms. The van der Waals surface area contributed by atoms with E-state index in [-0.39, 0.29) is 0 Å². The van der Waals surface area contributed by atoms with Gasteiger partial charge in [0.15, 0.2) is 0 Å². The van der Waals surface area contributed by atoms with Crippen LogP contribution < -0.4 is 5.73 Å². The first-order valence-corrected chi connectivity index (χ1v) is 4.63. The molecule has 1 fully saturated rings. The smallest absolute Gasteiger partial charge is 0.0822 e. The topological polar surface area (TPSA) is 53.1 Å². The highest BCUT2D eigenvalue weighted by atomic mass is 16.5. The van der Waals surface area contributed by atoms with Crippen LogP contribution in [0.1, 0.15) is 12.1 Å². The van der Waals surface area contributed by atoms with Crippen LogP contribution in [0.3, 0.4) is 0 Å². The van der Waals surface area contributed by atoms with Crippen LogP contribution in [0.4, 0.5) is 5.69 Å². The molecule has 0 bridgehead atoms. The normalized spacial score (nSPS) is 22.4. The van der Waals surface area contributed by atoms with Gasteiger partial charge in [0, 0.05) is 25.3 Å². The molecule has 1 aliphatic rings. The summed E-state index contributed by atoms with van der Waals surface area (Å²) in [6.45, 7) is 4.61. The van der Waals surface area contributed by atoms with Crippen molar-refractivity contribution in [3.05, 3.63) is 11.9 Å². The fraction of sp³-hybridized carbons (Fsp3) is 0.667. The van der Waals surface area contributed by atoms with E-state index in [0.717, 1.165) is 37.6 Å². The molecule has 0 aromatic carbocycles. The van der Waals surface area contributed by atoms with Gasteiger partial charge < -0.3 is 10.5 Å². The molecule has 2 N–H and O–H groups in total. The van der Waals surface area contributed by atoms with Crippen LogP contribution in [0, 0.1) is 12.8 Å². The van der Waals surface area contributed by atoms with E-state index in [2.05, 4.69) is 5.10 Å². The number of anilines is 1. The molecule has 0 radical (unpaired) electrons. The zero-order valence-corrected chi connectivity index (χ0v) is 7.86. The first kappa shape index (κ1) is 8.56. The average molecular weight is 181 g/mol. The van der Waals surface area contributed by atoms with Crippen LogP contribution in [-0.4, -0.2) is 23.0 Å². The molecule has 1 aromatic rings. The number of hydrogen-bond donors (Lipinski definition) is 1. The lowest BCUT2D eigenvalue weighted by molar-refractivity contribution is 0.181. The van der Waals surface area contributed by atoms with Crippen LogP contribution in [0.15, 0.2) is 6.20 Å². The van der Waals surface area contributed by atoms with Gasteiger partial charge in [0.25, 0.3) is 0 Å². The van der Waals surface area contributed by atoms with Crippen molar-refractivity contribution in [2.75, 3.05) is 18.9 Å². The molecule has 13 heavy (non-hydrogen) atoms. The van der Waals surface area contributed by atoms with Crippen molar-refractivity contribution in [1.82, 2.24) is 9.78 Å². The molecule has 1 atom stereocenters. The van der Waals surface area contributed by atoms with Crippen molar-refractivity contribution < 1.29 is 4.74 Å². The predicted octanol–water partition coefficient (Wildman–Crippen LogP) is 0.810. The Morgan fingerprint density at radius 1 is 1.77 bits per heavy atom. The Balaban J connectivity index is 2.00. The molecule has 4 heteroatoms. The summed E-state index contributed by atoms with van der Waals surface area (Å²) in [5, 5.41) is 4.31. The van der Waals surface area contributed by atoms with E-state index in [4.69, 9.17) is 10.5 Å². The zero-order chi connectivity index (χ0) is 9.26. The summed E-state index contributed by atoms with van der Waals surface area (Å²) >= 11 is 0. The summed E-state index contributed by atoms with van der Waals surface area (Å²) in [4.78, 5) is 0. The van der Waals surface area contributed by atoms with Gasteiger partial charge >= 0.3 is 0 Å². The maximum Gasteiger partial charge on any atom is 0.0822 e. The van der Waals surface area contributed by atoms with Gasteiger partial charge in [-0.05, 0) is 13.3 Å². The van der Waals surface area contributed by atoms with E-state index >= 15 is 0 Å². The van der Waals surface area contributed by atoms with Gasteiger partial charge in [-0.15, -0.1) is 0 Å². The van der Waals surface area contributed by atoms with Crippen LogP contribution in [0.25, 0.3) is 0 Å². The highest BCUT2D eigenvalue weighted by Gasteiger charge is 2.16. The quantitative estimate of drug-likeness (QED) is 0.734. The third kappa shape index (κ3) is 1.83. The molecule has 0 amide bonds. The summed E-state index contributed by atoms with van der Waals surface area (Å²) in [7, 11) is 0. The largest absolute Gasteiger partial charge is 0.396 e. The molecule has 0 aliphatic carbocycles. The Labute approximate surface area is 77.7 Å². The minimum Gasteiger partial charge on any atom is -0.396 e. The standard InChI is InChI=1S/C9H15N3O/c1-7-9(10)5-12(11-7)4-8-2-3-13-6-8/h5,8H,2-4,6,10H2,1H3. The monoisotopic (exact) mass is 181 g/mol. The molecular weight excluding hydrogens is 166 g/mol. The van der Waals surface area contributed by atoms with Gasteiger partial charge in [0.05, 0.1) is 18.0 Å². The molecular formula is C9H15N3O. The number of rotatable bonds is 2. The number of nitrogens with two attached hydrogens (primary N) is 1. The van der Waals surface area contributed by atoms with Crippen molar-refractivity contribution in [1.29, 1.82) is 0 Å². The summed E-state index contributed by atoms with van der Waals surface area (Å²) in [6.07, 6.45) is 3.03. The van der Waals surface area contributed by atoms with Crippen LogP contribution >= 0.6 is 0 Å². The van der Waals surface area contributed by atoms with Gasteiger partial charge in [-0.25, -0.2) is 0 Å². The molecule has 2 heterocycles. The van der Waals surface area contributed by atoms with Crippen molar-refractivity contribution in [3.63, 3.8) is 0 Å². The Morgan fingerprint density at radius 2 is 2.62 bits per heavy atom. The predicted molar refractivity (Wildman–Crippen MR) is 50.3 cm³/mol. The third-order valence-electron chi connectivity index (χ3n) is 2.45. The fourth-order valence-corrected chi connectivity index (χ4v) is 1.62. The summed E-state index contributed by atoms with van der Waals surface area (Å²) < 4.78 is 7.21. The second-order valence-corrected chi connectivity index (χ2v) is 3.62. The van der Waals surface area contributed by atoms with Crippen molar-refractivity contribution in [3.8, 4) is 0 Å². The SMILES string of the molecule is Cc1nn(CC2CCOC2)cc1N. The van der Waals surface area contributed by atoms with E-state index in [1.165, 1.54) is 0 Å². The van der Waals surface area contributed by atoms with E-state index < -0.39 is 0 Å². The maximum absolute atomic E-state index is 5.70. The van der Waals surface area contributed by atoms with Crippen molar-refractivity contribution in [2.24, 2.45) is 5.92 Å². The fourth-order valence-electron chi connectivity index (χ4n) is 1.62. The molecule has 4 nitrogen and oxygen atoms in total. The Hall–Kier alpha value is -1.03. The van der Waals surface area contributed by atoms with Crippen LogP contribution in [0.2, 0.25) is 0 Å². The van der Waals surface area contributed by atoms with Gasteiger partial charge in [-0.3, -0.25) is 4.68 Å². The molecule has 1 aliphatic heterocycles. The van der Waals surface area contributed by atoms with Gasteiger partial charge in [-0.1, -0.05) is 0 Å². The minimum absolute atomic E-state index is 0.610. The Bertz CT molecular complexity index is 270. The first-order chi connectivity index (χ1) is 6.25. The lowest BCUT2D eigenvalue weighted by atomic mass is 10.1. The molecule has 72 valence electrons. The summed E-state index contributed by atoms with van der Waals surface area (Å²) in [6, 6.07) is 0. The molecule has 0 saturated carbocycles. The number of aryl methyl sites for hydroxylation is 1. The number of nitrogens with zero attached hydrogens (tertiary/aromatic N) is 2. The molecule has 1 aromatic heterocycles. The number of nitrogen functional groups attached to an aromatic ring is 1. The van der Waals surface area contributed by atoms with Crippen molar-refractivity contribution >= 4 is 5.69 Å². The van der Waals surface area contributed by atoms with E-state index in [0.29, 0.717) is 5.92 Å². The zero-order valence-electron chi connectivity index (χ0n) is 7.86. The van der Waals surface area contributed by atoms with E-state index in [9.17, 15) is 0 Å². The number of hydrogen-bond acceptors (Lipinski definition) is 3. The average Bonchev–Trinajstić information content (AvgIpc) is 2.64. The molecule has 2 rings (SSSR count). The number of ether oxygens (including phenoxy) is 1. The van der Waals surface area contributed by atoms with E-state index in [1.54, 1.807) is 0 Å². The highest BCUT2D eigenvalue weighted by molar-refractivity contribution is 5.39. The van der Waals surface area contributed by atoms with Gasteiger partial charge in [0.2, 0.25) is 0 Å². The second kappa shape index (κ2) is 3.38. The lowest BCUT2D eigenvalue weighted by Gasteiger charge is -2.06. The molecule has 1 unspecified atom stereocenters. The Morgan fingerprint density at radius 3 is 3.15 bits per heavy atom. The van der Waals surface area contributed by atoms with Gasteiger partial charge in [-0.2, -0.15) is 5.10 Å². The first-order valence-electron chi connectivity index (χ1n) is 4.63. The summed E-state index contributed by atoms with van der Waals surface area (Å²) in [5.41, 5.74) is 7.39. The molecule has 1 saturated heterocycles. The Kier molecular flexibility index (Phi) is 2.22. The van der Waals surface area contributed by atoms with Gasteiger partial charge in [0.1, 0.15) is 0 Å². The summed E-state index contributed by atoms with van der Waals surface area (Å²) in [5.74, 6) is 0.610. The second-order valence-electron chi connectivity index (χ2n) is 3.62. The lowest BCUT2D eigenvalue weighted by Crippen LogP contribution is -2.10. The van der Waals surface area contributed by atoms with E-state index in [1.807, 2.05) is 17.8 Å². The third-order valence-corrected chi connectivity index (χ3v) is 2.45. The number of aromatic nitrogens is 2. The minimum atomic E-state index is 0.610. The van der Waals surface area contributed by atoms with Crippen LogP contribution in [0.5, 0.6) is 0 Å².